The van der Waals surface area contributed by atoms with Crippen LogP contribution in [0, 0.1) is 0 Å². The molecule has 0 heterocycles. The highest BCUT2D eigenvalue weighted by atomic mass is 16.5. The fourth-order valence-corrected chi connectivity index (χ4v) is 1.90. The number of ether oxygens (including phenoxy) is 1. The van der Waals surface area contributed by atoms with Crippen LogP contribution in [0.3, 0.4) is 0 Å². The Kier molecular flexibility index (Phi) is 9.14. The molecule has 0 fully saturated rings. The van der Waals surface area contributed by atoms with Crippen molar-refractivity contribution in [1.29, 1.82) is 0 Å². The van der Waals surface area contributed by atoms with Gasteiger partial charge in [0.15, 0.2) is 5.60 Å². The van der Waals surface area contributed by atoms with Gasteiger partial charge in [0.1, 0.15) is 0 Å². The van der Waals surface area contributed by atoms with Crippen LogP contribution >= 0.6 is 0 Å². The summed E-state index contributed by atoms with van der Waals surface area (Å²) in [5.74, 6) is -0.842. The number of hydrogen-bond donors (Lipinski definition) is 1. The average molecular weight is 244 g/mol. The molecule has 0 aromatic carbocycles. The van der Waals surface area contributed by atoms with Crippen LogP contribution in [0.2, 0.25) is 0 Å². The lowest BCUT2D eigenvalue weighted by Crippen LogP contribution is -2.38. The van der Waals surface area contributed by atoms with Gasteiger partial charge in [-0.1, -0.05) is 52.4 Å². The molecule has 3 heteroatoms. The van der Waals surface area contributed by atoms with Crippen LogP contribution in [0.1, 0.15) is 72.1 Å². The van der Waals surface area contributed by atoms with E-state index in [2.05, 4.69) is 6.92 Å². The maximum atomic E-state index is 11.1. The smallest absolute Gasteiger partial charge is 0.335 e. The van der Waals surface area contributed by atoms with E-state index in [-0.39, 0.29) is 0 Å². The number of hydrogen-bond acceptors (Lipinski definition) is 2. The predicted octanol–water partition coefficient (Wildman–Crippen LogP) is 4.01. The summed E-state index contributed by atoms with van der Waals surface area (Å²) in [4.78, 5) is 11.1. The van der Waals surface area contributed by atoms with Gasteiger partial charge in [0, 0.05) is 6.61 Å². The van der Waals surface area contributed by atoms with Crippen LogP contribution < -0.4 is 0 Å². The van der Waals surface area contributed by atoms with Crippen LogP contribution in [0.5, 0.6) is 0 Å². The lowest BCUT2D eigenvalue weighted by atomic mass is 10.0. The summed E-state index contributed by atoms with van der Waals surface area (Å²) >= 11 is 0. The number of carbonyl (C=O) groups is 1. The first kappa shape index (κ1) is 16.4. The molecule has 3 nitrogen and oxygen atoms in total. The summed E-state index contributed by atoms with van der Waals surface area (Å²) in [6.07, 6.45) is 8.58. The number of aliphatic carboxylic acids is 1. The minimum absolute atomic E-state index is 0.564. The van der Waals surface area contributed by atoms with Gasteiger partial charge in [-0.2, -0.15) is 0 Å². The summed E-state index contributed by atoms with van der Waals surface area (Å²) in [7, 11) is 0. The van der Waals surface area contributed by atoms with E-state index >= 15 is 0 Å². The van der Waals surface area contributed by atoms with Gasteiger partial charge in [0.25, 0.3) is 0 Å². The molecule has 0 radical (unpaired) electrons. The Morgan fingerprint density at radius 2 is 1.65 bits per heavy atom. The molecule has 0 saturated heterocycles. The van der Waals surface area contributed by atoms with E-state index in [0.29, 0.717) is 13.0 Å². The van der Waals surface area contributed by atoms with Crippen molar-refractivity contribution < 1.29 is 14.6 Å². The van der Waals surface area contributed by atoms with Gasteiger partial charge in [-0.15, -0.1) is 0 Å². The lowest BCUT2D eigenvalue weighted by molar-refractivity contribution is -0.164. The minimum Gasteiger partial charge on any atom is -0.479 e. The van der Waals surface area contributed by atoms with Crippen LogP contribution in [-0.2, 0) is 9.53 Å². The topological polar surface area (TPSA) is 46.5 Å². The number of rotatable bonds is 11. The Morgan fingerprint density at radius 3 is 2.18 bits per heavy atom. The molecule has 0 aromatic rings. The maximum Gasteiger partial charge on any atom is 0.335 e. The molecule has 1 N–H and O–H groups in total. The molecule has 0 amide bonds. The number of unbranched alkanes of at least 4 members (excludes halogenated alkanes) is 5. The number of carboxylic acids is 1. The van der Waals surface area contributed by atoms with Crippen LogP contribution in [0.15, 0.2) is 0 Å². The Hall–Kier alpha value is -0.570. The van der Waals surface area contributed by atoms with E-state index < -0.39 is 11.6 Å². The SMILES string of the molecule is CCCCCCCCOC(C)(CCC)C(=O)O. The zero-order chi connectivity index (χ0) is 13.1. The van der Waals surface area contributed by atoms with E-state index in [9.17, 15) is 4.79 Å². The van der Waals surface area contributed by atoms with Crippen molar-refractivity contribution in [1.82, 2.24) is 0 Å². The summed E-state index contributed by atoms with van der Waals surface area (Å²) in [5, 5.41) is 9.11. The van der Waals surface area contributed by atoms with E-state index in [1.807, 2.05) is 6.92 Å². The Bertz CT molecular complexity index is 204. The minimum atomic E-state index is -0.988. The first-order chi connectivity index (χ1) is 8.06. The largest absolute Gasteiger partial charge is 0.479 e. The van der Waals surface area contributed by atoms with Gasteiger partial charge in [0.05, 0.1) is 0 Å². The normalized spacial score (nSPS) is 14.5. The predicted molar refractivity (Wildman–Crippen MR) is 70.3 cm³/mol. The molecule has 0 aliphatic rings. The lowest BCUT2D eigenvalue weighted by Gasteiger charge is -2.24. The maximum absolute atomic E-state index is 11.1. The van der Waals surface area contributed by atoms with E-state index in [0.717, 1.165) is 19.3 Å². The Labute approximate surface area is 106 Å². The second-order valence-electron chi connectivity index (χ2n) is 4.90. The van der Waals surface area contributed by atoms with Gasteiger partial charge in [-0.25, -0.2) is 4.79 Å². The molecule has 0 bridgehead atoms. The summed E-state index contributed by atoms with van der Waals surface area (Å²) < 4.78 is 5.54. The van der Waals surface area contributed by atoms with Crippen molar-refractivity contribution in [2.75, 3.05) is 6.61 Å². The highest BCUT2D eigenvalue weighted by Gasteiger charge is 2.32. The van der Waals surface area contributed by atoms with Gasteiger partial charge in [-0.05, 0) is 19.8 Å². The molecule has 0 aromatic heterocycles. The molecule has 0 rings (SSSR count). The van der Waals surface area contributed by atoms with Crippen molar-refractivity contribution in [3.8, 4) is 0 Å². The second kappa shape index (κ2) is 9.46. The fourth-order valence-electron chi connectivity index (χ4n) is 1.90. The standard InChI is InChI=1S/C14H28O3/c1-4-6-7-8-9-10-12-17-14(3,11-5-2)13(15)16/h4-12H2,1-3H3,(H,15,16). The third-order valence-electron chi connectivity index (χ3n) is 3.10. The van der Waals surface area contributed by atoms with Crippen LogP contribution in [-0.4, -0.2) is 23.3 Å². The first-order valence-electron chi connectivity index (χ1n) is 6.94. The molecule has 0 aliphatic carbocycles. The molecule has 0 aliphatic heterocycles. The van der Waals surface area contributed by atoms with Gasteiger partial charge >= 0.3 is 5.97 Å². The van der Waals surface area contributed by atoms with E-state index in [4.69, 9.17) is 9.84 Å². The van der Waals surface area contributed by atoms with Crippen LogP contribution in [0.4, 0.5) is 0 Å². The van der Waals surface area contributed by atoms with Crippen LogP contribution in [0.25, 0.3) is 0 Å². The average Bonchev–Trinajstić information content (AvgIpc) is 2.28. The highest BCUT2D eigenvalue weighted by molar-refractivity contribution is 5.76. The molecular weight excluding hydrogens is 216 g/mol. The van der Waals surface area contributed by atoms with Gasteiger partial charge < -0.3 is 9.84 Å². The van der Waals surface area contributed by atoms with E-state index in [1.165, 1.54) is 25.7 Å². The van der Waals surface area contributed by atoms with Crippen molar-refractivity contribution >= 4 is 5.97 Å². The molecule has 0 spiro atoms. The molecule has 17 heavy (non-hydrogen) atoms. The molecular formula is C14H28O3. The van der Waals surface area contributed by atoms with Gasteiger partial charge in [0.2, 0.25) is 0 Å². The van der Waals surface area contributed by atoms with Crippen molar-refractivity contribution in [3.63, 3.8) is 0 Å². The van der Waals surface area contributed by atoms with Crippen molar-refractivity contribution in [2.45, 2.75) is 77.7 Å². The highest BCUT2D eigenvalue weighted by Crippen LogP contribution is 2.19. The quantitative estimate of drug-likeness (QED) is 0.559. The molecule has 1 atom stereocenters. The number of carboxylic acid groups (broad SMARTS) is 1. The molecule has 102 valence electrons. The summed E-state index contributed by atoms with van der Waals surface area (Å²) in [6, 6.07) is 0. The monoisotopic (exact) mass is 244 g/mol. The summed E-state index contributed by atoms with van der Waals surface area (Å²) in [6.45, 7) is 6.42. The zero-order valence-corrected chi connectivity index (χ0v) is 11.6. The molecule has 1 unspecified atom stereocenters. The zero-order valence-electron chi connectivity index (χ0n) is 11.6. The summed E-state index contributed by atoms with van der Waals surface area (Å²) in [5.41, 5.74) is -0.988. The Balaban J connectivity index is 3.65. The molecule has 0 saturated carbocycles. The van der Waals surface area contributed by atoms with Crippen molar-refractivity contribution in [2.24, 2.45) is 0 Å². The fraction of sp³-hybridized carbons (Fsp3) is 0.929. The van der Waals surface area contributed by atoms with Crippen molar-refractivity contribution in [3.05, 3.63) is 0 Å². The first-order valence-corrected chi connectivity index (χ1v) is 6.94. The third-order valence-corrected chi connectivity index (χ3v) is 3.10. The second-order valence-corrected chi connectivity index (χ2v) is 4.90. The Morgan fingerprint density at radius 1 is 1.06 bits per heavy atom. The van der Waals surface area contributed by atoms with E-state index in [1.54, 1.807) is 6.92 Å². The third kappa shape index (κ3) is 7.37. The van der Waals surface area contributed by atoms with Gasteiger partial charge in [-0.3, -0.25) is 0 Å².